The fourth-order valence-corrected chi connectivity index (χ4v) is 3.49. The van der Waals surface area contributed by atoms with Crippen LogP contribution in [0.3, 0.4) is 0 Å². The molecule has 1 aromatic heterocycles. The monoisotopic (exact) mass is 271 g/mol. The summed E-state index contributed by atoms with van der Waals surface area (Å²) in [4.78, 5) is 4.37. The van der Waals surface area contributed by atoms with Gasteiger partial charge in [0.1, 0.15) is 0 Å². The third-order valence-corrected chi connectivity index (χ3v) is 5.31. The summed E-state index contributed by atoms with van der Waals surface area (Å²) in [6.45, 7) is 2.23. The topological polar surface area (TPSA) is 76.3 Å². The normalized spacial score (nSPS) is 12.4. The molecule has 1 heterocycles. The Morgan fingerprint density at radius 2 is 2.18 bits per heavy atom. The fourth-order valence-electron chi connectivity index (χ4n) is 1.43. The summed E-state index contributed by atoms with van der Waals surface area (Å²) in [6, 6.07) is 4.85. The van der Waals surface area contributed by atoms with Crippen molar-refractivity contribution in [3.8, 4) is 0 Å². The van der Waals surface area contributed by atoms with Gasteiger partial charge in [0.05, 0.1) is 15.1 Å². The maximum Gasteiger partial charge on any atom is 0.242 e. The van der Waals surface area contributed by atoms with Gasteiger partial charge in [0.25, 0.3) is 0 Å². The largest absolute Gasteiger partial charge is 0.375 e. The third kappa shape index (κ3) is 2.13. The molecular weight excluding hydrogens is 258 g/mol. The molecule has 0 fully saturated rings. The minimum absolute atomic E-state index is 0.276. The molecule has 0 atom stereocenters. The van der Waals surface area contributed by atoms with Crippen molar-refractivity contribution >= 4 is 36.7 Å². The van der Waals surface area contributed by atoms with Gasteiger partial charge >= 0.3 is 0 Å². The first-order valence-corrected chi connectivity index (χ1v) is 7.33. The van der Waals surface area contributed by atoms with Gasteiger partial charge in [-0.3, -0.25) is 0 Å². The van der Waals surface area contributed by atoms with E-state index in [2.05, 4.69) is 4.98 Å². The molecule has 2 rings (SSSR count). The number of nitrogens with two attached hydrogens (primary N) is 1. The number of rotatable bonds is 3. The molecule has 0 saturated heterocycles. The van der Waals surface area contributed by atoms with Gasteiger partial charge in [-0.05, 0) is 18.2 Å². The van der Waals surface area contributed by atoms with Crippen molar-refractivity contribution in [3.05, 3.63) is 18.2 Å². The molecule has 92 valence electrons. The number of nitrogens with zero attached hydrogens (tertiary/aromatic N) is 2. The number of hydrogen-bond donors (Lipinski definition) is 1. The lowest BCUT2D eigenvalue weighted by atomic mass is 10.3. The Hall–Kier alpha value is -1.18. The first-order valence-electron chi connectivity index (χ1n) is 5.07. The second-order valence-corrected chi connectivity index (χ2v) is 6.71. The van der Waals surface area contributed by atoms with E-state index in [1.165, 1.54) is 15.6 Å². The van der Waals surface area contributed by atoms with E-state index in [9.17, 15) is 8.42 Å². The second kappa shape index (κ2) is 4.25. The predicted octanol–water partition coefficient (Wildman–Crippen LogP) is 1.52. The molecule has 0 radical (unpaired) electrons. The van der Waals surface area contributed by atoms with Crippen molar-refractivity contribution in [2.24, 2.45) is 0 Å². The quantitative estimate of drug-likeness (QED) is 0.918. The number of sulfonamides is 1. The SMILES string of the molecule is CCN(C)S(=O)(=O)c1ccc2nc(N)sc2c1. The number of fused-ring (bicyclic) bond motifs is 1. The number of benzene rings is 1. The van der Waals surface area contributed by atoms with Crippen molar-refractivity contribution < 1.29 is 8.42 Å². The van der Waals surface area contributed by atoms with Gasteiger partial charge in [-0.1, -0.05) is 18.3 Å². The molecule has 1 aromatic carbocycles. The molecule has 2 N–H and O–H groups in total. The van der Waals surface area contributed by atoms with E-state index in [4.69, 9.17) is 5.73 Å². The highest BCUT2D eigenvalue weighted by atomic mass is 32.2. The molecule has 5 nitrogen and oxygen atoms in total. The summed E-state index contributed by atoms with van der Waals surface area (Å²) in [5, 5.41) is 0.443. The van der Waals surface area contributed by atoms with Gasteiger partial charge in [0.15, 0.2) is 5.13 Å². The zero-order chi connectivity index (χ0) is 12.6. The predicted molar refractivity (Wildman–Crippen MR) is 69.5 cm³/mol. The average Bonchev–Trinajstić information content (AvgIpc) is 2.66. The Balaban J connectivity index is 2.56. The smallest absolute Gasteiger partial charge is 0.242 e. The first kappa shape index (κ1) is 12.3. The molecular formula is C10H13N3O2S2. The zero-order valence-electron chi connectivity index (χ0n) is 9.54. The van der Waals surface area contributed by atoms with E-state index in [1.54, 1.807) is 32.2 Å². The van der Waals surface area contributed by atoms with Crippen molar-refractivity contribution in [1.82, 2.24) is 9.29 Å². The van der Waals surface area contributed by atoms with Gasteiger partial charge < -0.3 is 5.73 Å². The maximum absolute atomic E-state index is 12.1. The number of anilines is 1. The zero-order valence-corrected chi connectivity index (χ0v) is 11.2. The van der Waals surface area contributed by atoms with Crippen LogP contribution in [0.2, 0.25) is 0 Å². The Labute approximate surface area is 104 Å². The molecule has 0 spiro atoms. The molecule has 0 unspecified atom stereocenters. The van der Waals surface area contributed by atoms with Crippen molar-refractivity contribution in [2.75, 3.05) is 19.3 Å². The summed E-state index contributed by atoms with van der Waals surface area (Å²) in [5.74, 6) is 0. The Kier molecular flexibility index (Phi) is 3.07. The molecule has 17 heavy (non-hydrogen) atoms. The second-order valence-electron chi connectivity index (χ2n) is 3.60. The Morgan fingerprint density at radius 3 is 2.82 bits per heavy atom. The van der Waals surface area contributed by atoms with E-state index in [-0.39, 0.29) is 4.90 Å². The van der Waals surface area contributed by atoms with E-state index in [0.29, 0.717) is 11.7 Å². The van der Waals surface area contributed by atoms with E-state index in [0.717, 1.165) is 10.2 Å². The molecule has 0 aliphatic carbocycles. The first-order chi connectivity index (χ1) is 7.95. The highest BCUT2D eigenvalue weighted by Gasteiger charge is 2.19. The third-order valence-electron chi connectivity index (χ3n) is 2.53. The lowest BCUT2D eigenvalue weighted by molar-refractivity contribution is 0.486. The van der Waals surface area contributed by atoms with E-state index >= 15 is 0 Å². The molecule has 0 saturated carbocycles. The van der Waals surface area contributed by atoms with Crippen molar-refractivity contribution in [1.29, 1.82) is 0 Å². The van der Waals surface area contributed by atoms with Gasteiger partial charge in [-0.15, -0.1) is 0 Å². The number of hydrogen-bond acceptors (Lipinski definition) is 5. The van der Waals surface area contributed by atoms with Crippen LogP contribution in [-0.2, 0) is 10.0 Å². The summed E-state index contributed by atoms with van der Waals surface area (Å²) < 4.78 is 26.3. The molecule has 0 bridgehead atoms. The van der Waals surface area contributed by atoms with Crippen LogP contribution in [0, 0.1) is 0 Å². The van der Waals surface area contributed by atoms with Crippen LogP contribution in [0.4, 0.5) is 5.13 Å². The van der Waals surface area contributed by atoms with Crippen molar-refractivity contribution in [2.45, 2.75) is 11.8 Å². The van der Waals surface area contributed by atoms with Gasteiger partial charge in [0, 0.05) is 13.6 Å². The standard InChI is InChI=1S/C10H13N3O2S2/c1-3-13(2)17(14,15)7-4-5-8-9(6-7)16-10(11)12-8/h4-6H,3H2,1-2H3,(H2,11,12). The molecule has 7 heteroatoms. The Morgan fingerprint density at radius 1 is 1.47 bits per heavy atom. The van der Waals surface area contributed by atoms with Crippen molar-refractivity contribution in [3.63, 3.8) is 0 Å². The highest BCUT2D eigenvalue weighted by Crippen LogP contribution is 2.27. The number of aromatic nitrogens is 1. The van der Waals surface area contributed by atoms with E-state index in [1.807, 2.05) is 0 Å². The lowest BCUT2D eigenvalue weighted by Gasteiger charge is -2.14. The van der Waals surface area contributed by atoms with E-state index < -0.39 is 10.0 Å². The van der Waals surface area contributed by atoms with Crippen LogP contribution in [0.25, 0.3) is 10.2 Å². The minimum Gasteiger partial charge on any atom is -0.375 e. The van der Waals surface area contributed by atoms with Crippen LogP contribution in [0.15, 0.2) is 23.1 Å². The summed E-state index contributed by atoms with van der Waals surface area (Å²) >= 11 is 1.29. The fraction of sp³-hybridized carbons (Fsp3) is 0.300. The van der Waals surface area contributed by atoms with Crippen LogP contribution >= 0.6 is 11.3 Å². The minimum atomic E-state index is -3.40. The molecule has 0 amide bonds. The molecule has 0 aliphatic heterocycles. The molecule has 0 aliphatic rings. The lowest BCUT2D eigenvalue weighted by Crippen LogP contribution is -2.26. The summed E-state index contributed by atoms with van der Waals surface area (Å²) in [6.07, 6.45) is 0. The van der Waals surface area contributed by atoms with Crippen LogP contribution in [0.5, 0.6) is 0 Å². The van der Waals surface area contributed by atoms with Gasteiger partial charge in [-0.25, -0.2) is 17.7 Å². The summed E-state index contributed by atoms with van der Waals surface area (Å²) in [7, 11) is -1.84. The average molecular weight is 271 g/mol. The van der Waals surface area contributed by atoms with Gasteiger partial charge in [-0.2, -0.15) is 0 Å². The van der Waals surface area contributed by atoms with Gasteiger partial charge in [0.2, 0.25) is 10.0 Å². The van der Waals surface area contributed by atoms with Crippen LogP contribution in [0.1, 0.15) is 6.92 Å². The van der Waals surface area contributed by atoms with Crippen LogP contribution < -0.4 is 5.73 Å². The number of nitrogen functional groups attached to an aromatic ring is 1. The maximum atomic E-state index is 12.1. The van der Waals surface area contributed by atoms with Crippen LogP contribution in [-0.4, -0.2) is 31.3 Å². The summed E-state index contributed by atoms with van der Waals surface area (Å²) in [5.41, 5.74) is 6.31. The number of thiazole rings is 1. The molecule has 2 aromatic rings. The Bertz CT molecular complexity index is 649. The highest BCUT2D eigenvalue weighted by molar-refractivity contribution is 7.89.